The molecule has 0 radical (unpaired) electrons. The average Bonchev–Trinajstić information content (AvgIpc) is 2.85. The number of amides is 1. The zero-order valence-electron chi connectivity index (χ0n) is 18.4. The molecule has 0 aromatic heterocycles. The molecule has 1 unspecified atom stereocenters. The average molecular weight is 485 g/mol. The van der Waals surface area contributed by atoms with Gasteiger partial charge in [0.05, 0.1) is 18.1 Å². The highest BCUT2D eigenvalue weighted by atomic mass is 32.2. The lowest BCUT2D eigenvalue weighted by molar-refractivity contribution is -0.123. The van der Waals surface area contributed by atoms with Crippen LogP contribution in [0.3, 0.4) is 0 Å². The number of benzene rings is 3. The van der Waals surface area contributed by atoms with Gasteiger partial charge in [-0.05, 0) is 42.6 Å². The molecule has 0 aliphatic carbocycles. The van der Waals surface area contributed by atoms with E-state index < -0.39 is 28.0 Å². The first-order valence-corrected chi connectivity index (χ1v) is 12.1. The van der Waals surface area contributed by atoms with E-state index in [0.29, 0.717) is 24.3 Å². The molecule has 1 amide bonds. The highest BCUT2D eigenvalue weighted by Gasteiger charge is 2.26. The van der Waals surface area contributed by atoms with E-state index in [4.69, 9.17) is 9.47 Å². The molecule has 0 spiro atoms. The third-order valence-corrected chi connectivity index (χ3v) is 7.42. The van der Waals surface area contributed by atoms with Gasteiger partial charge in [-0.2, -0.15) is 4.31 Å². The SMILES string of the molecule is CC(OC(=O)c1ccc2ccccc2c1O)C(=O)Nc1ccc(S(=O)(=O)N2CCOCC2)cc1. The van der Waals surface area contributed by atoms with Crippen molar-refractivity contribution in [2.75, 3.05) is 31.6 Å². The maximum Gasteiger partial charge on any atom is 0.342 e. The van der Waals surface area contributed by atoms with Gasteiger partial charge in [0.1, 0.15) is 11.3 Å². The Hall–Kier alpha value is -3.47. The molecule has 4 rings (SSSR count). The molecule has 3 aromatic rings. The van der Waals surface area contributed by atoms with Crippen LogP contribution in [0.5, 0.6) is 5.75 Å². The number of nitrogens with one attached hydrogen (secondary N) is 1. The summed E-state index contributed by atoms with van der Waals surface area (Å²) in [4.78, 5) is 25.2. The van der Waals surface area contributed by atoms with E-state index in [-0.39, 0.29) is 29.3 Å². The first-order valence-electron chi connectivity index (χ1n) is 10.7. The molecule has 1 saturated heterocycles. The van der Waals surface area contributed by atoms with Crippen molar-refractivity contribution >= 4 is 38.4 Å². The van der Waals surface area contributed by atoms with Gasteiger partial charge in [-0.1, -0.05) is 30.3 Å². The van der Waals surface area contributed by atoms with Crippen LogP contribution in [-0.2, 0) is 24.3 Å². The van der Waals surface area contributed by atoms with Gasteiger partial charge >= 0.3 is 5.97 Å². The number of esters is 1. The highest BCUT2D eigenvalue weighted by Crippen LogP contribution is 2.29. The topological polar surface area (TPSA) is 122 Å². The minimum Gasteiger partial charge on any atom is -0.506 e. The van der Waals surface area contributed by atoms with E-state index in [1.807, 2.05) is 6.07 Å². The summed E-state index contributed by atoms with van der Waals surface area (Å²) in [6, 6.07) is 15.9. The second-order valence-corrected chi connectivity index (χ2v) is 9.70. The zero-order valence-corrected chi connectivity index (χ0v) is 19.2. The number of anilines is 1. The number of morpholine rings is 1. The summed E-state index contributed by atoms with van der Waals surface area (Å²) in [5.41, 5.74) is 0.304. The van der Waals surface area contributed by atoms with Crippen molar-refractivity contribution in [3.8, 4) is 5.75 Å². The number of phenols is 1. The number of ether oxygens (including phenoxy) is 2. The summed E-state index contributed by atoms with van der Waals surface area (Å²) in [7, 11) is -3.64. The predicted molar refractivity (Wildman–Crippen MR) is 125 cm³/mol. The number of carbonyl (C=O) groups is 2. The van der Waals surface area contributed by atoms with Crippen molar-refractivity contribution in [1.82, 2.24) is 4.31 Å². The molecule has 1 aliphatic rings. The van der Waals surface area contributed by atoms with Crippen LogP contribution in [-0.4, -0.2) is 62.1 Å². The lowest BCUT2D eigenvalue weighted by Gasteiger charge is -2.26. The predicted octanol–water partition coefficient (Wildman–Crippen LogP) is 2.75. The van der Waals surface area contributed by atoms with Crippen molar-refractivity contribution < 1.29 is 32.6 Å². The fraction of sp³-hybridized carbons (Fsp3) is 0.250. The largest absolute Gasteiger partial charge is 0.506 e. The van der Waals surface area contributed by atoms with Gasteiger partial charge < -0.3 is 19.9 Å². The molecule has 3 aromatic carbocycles. The number of fused-ring (bicyclic) bond motifs is 1. The first-order chi connectivity index (χ1) is 16.3. The number of aromatic hydroxyl groups is 1. The first kappa shape index (κ1) is 23.7. The number of phenolic OH excluding ortho intramolecular Hbond substituents is 1. The summed E-state index contributed by atoms with van der Waals surface area (Å²) in [5.74, 6) is -1.65. The van der Waals surface area contributed by atoms with Gasteiger partial charge in [0.2, 0.25) is 10.0 Å². The van der Waals surface area contributed by atoms with E-state index in [2.05, 4.69) is 5.32 Å². The van der Waals surface area contributed by atoms with Crippen LogP contribution in [0.15, 0.2) is 65.6 Å². The molecule has 1 fully saturated rings. The number of carbonyl (C=O) groups excluding carboxylic acids is 2. The lowest BCUT2D eigenvalue weighted by atomic mass is 10.1. The maximum atomic E-state index is 12.7. The van der Waals surface area contributed by atoms with Gasteiger partial charge in [0, 0.05) is 24.2 Å². The third kappa shape index (κ3) is 4.89. The molecule has 1 atom stereocenters. The number of sulfonamides is 1. The molecule has 178 valence electrons. The Labute approximate surface area is 196 Å². The maximum absolute atomic E-state index is 12.7. The molecule has 0 bridgehead atoms. The van der Waals surface area contributed by atoms with Gasteiger partial charge in [-0.25, -0.2) is 13.2 Å². The molecule has 2 N–H and O–H groups in total. The second kappa shape index (κ2) is 9.80. The molecule has 1 aliphatic heterocycles. The Morgan fingerprint density at radius 3 is 2.41 bits per heavy atom. The number of rotatable bonds is 6. The fourth-order valence-electron chi connectivity index (χ4n) is 3.59. The standard InChI is InChI=1S/C24H24N2O7S/c1-16(33-24(29)21-11-6-17-4-2-3-5-20(17)22(21)27)23(28)25-18-7-9-19(10-8-18)34(30,31)26-12-14-32-15-13-26/h2-11,16,27H,12-15H2,1H3,(H,25,28). The van der Waals surface area contributed by atoms with Crippen molar-refractivity contribution in [1.29, 1.82) is 0 Å². The number of hydrogen-bond donors (Lipinski definition) is 2. The van der Waals surface area contributed by atoms with Crippen LogP contribution in [0.2, 0.25) is 0 Å². The molecule has 34 heavy (non-hydrogen) atoms. The fourth-order valence-corrected chi connectivity index (χ4v) is 5.00. The van der Waals surface area contributed by atoms with E-state index in [1.165, 1.54) is 41.6 Å². The van der Waals surface area contributed by atoms with Gasteiger partial charge in [-0.3, -0.25) is 4.79 Å². The molecular weight excluding hydrogens is 460 g/mol. The van der Waals surface area contributed by atoms with Gasteiger partial charge in [0.15, 0.2) is 6.10 Å². The van der Waals surface area contributed by atoms with Crippen LogP contribution in [0.25, 0.3) is 10.8 Å². The smallest absolute Gasteiger partial charge is 0.342 e. The van der Waals surface area contributed by atoms with Crippen molar-refractivity contribution in [3.63, 3.8) is 0 Å². The van der Waals surface area contributed by atoms with E-state index in [1.54, 1.807) is 24.3 Å². The molecule has 10 heteroatoms. The summed E-state index contributed by atoms with van der Waals surface area (Å²) in [6.45, 7) is 2.68. The minimum atomic E-state index is -3.64. The summed E-state index contributed by atoms with van der Waals surface area (Å²) >= 11 is 0. The van der Waals surface area contributed by atoms with Gasteiger partial charge in [0.25, 0.3) is 5.91 Å². The Morgan fingerprint density at radius 1 is 1.03 bits per heavy atom. The van der Waals surface area contributed by atoms with E-state index in [0.717, 1.165) is 5.39 Å². The molecule has 0 saturated carbocycles. The van der Waals surface area contributed by atoms with Crippen LogP contribution in [0.1, 0.15) is 17.3 Å². The van der Waals surface area contributed by atoms with Crippen LogP contribution >= 0.6 is 0 Å². The third-order valence-electron chi connectivity index (χ3n) is 5.50. The van der Waals surface area contributed by atoms with Crippen molar-refractivity contribution in [2.45, 2.75) is 17.9 Å². The Bertz CT molecular complexity index is 1320. The molecule has 9 nitrogen and oxygen atoms in total. The zero-order chi connectivity index (χ0) is 24.3. The minimum absolute atomic E-state index is 0.0453. The molecular formula is C24H24N2O7S. The van der Waals surface area contributed by atoms with Crippen LogP contribution in [0.4, 0.5) is 5.69 Å². The Morgan fingerprint density at radius 2 is 1.71 bits per heavy atom. The Kier molecular flexibility index (Phi) is 6.82. The second-order valence-electron chi connectivity index (χ2n) is 7.76. The van der Waals surface area contributed by atoms with E-state index >= 15 is 0 Å². The Balaban J connectivity index is 1.40. The summed E-state index contributed by atoms with van der Waals surface area (Å²) in [6.07, 6.45) is -1.16. The summed E-state index contributed by atoms with van der Waals surface area (Å²) in [5, 5.41) is 14.3. The van der Waals surface area contributed by atoms with E-state index in [9.17, 15) is 23.1 Å². The van der Waals surface area contributed by atoms with Crippen LogP contribution < -0.4 is 5.32 Å². The van der Waals surface area contributed by atoms with Crippen molar-refractivity contribution in [3.05, 3.63) is 66.2 Å². The van der Waals surface area contributed by atoms with Gasteiger partial charge in [-0.15, -0.1) is 0 Å². The lowest BCUT2D eigenvalue weighted by Crippen LogP contribution is -2.40. The van der Waals surface area contributed by atoms with Crippen LogP contribution in [0, 0.1) is 0 Å². The number of hydrogen-bond acceptors (Lipinski definition) is 7. The number of nitrogens with zero attached hydrogens (tertiary/aromatic N) is 1. The quantitative estimate of drug-likeness (QED) is 0.516. The monoisotopic (exact) mass is 484 g/mol. The van der Waals surface area contributed by atoms with Crippen molar-refractivity contribution in [2.24, 2.45) is 0 Å². The molecule has 1 heterocycles. The summed E-state index contributed by atoms with van der Waals surface area (Å²) < 4.78 is 37.2. The normalized spacial score (nSPS) is 15.6. The highest BCUT2D eigenvalue weighted by molar-refractivity contribution is 7.89.